The Labute approximate surface area is 290 Å². The number of fused-ring (bicyclic) bond motifs is 2. The van der Waals surface area contributed by atoms with E-state index in [-0.39, 0.29) is 39.7 Å². The van der Waals surface area contributed by atoms with Crippen LogP contribution in [-0.2, 0) is 29.8 Å². The molecule has 0 saturated carbocycles. The molecule has 6 rings (SSSR count). The van der Waals surface area contributed by atoms with E-state index >= 15 is 0 Å². The molecule has 0 N–H and O–H groups in total. The number of hydrogen-bond acceptors (Lipinski definition) is 0. The van der Waals surface area contributed by atoms with E-state index in [1.165, 1.54) is 101 Å². The first kappa shape index (κ1) is 40.8. The van der Waals surface area contributed by atoms with Gasteiger partial charge < -0.3 is 14.9 Å². The minimum atomic E-state index is 0. The molecule has 0 bridgehead atoms. The third-order valence-corrected chi connectivity index (χ3v) is 7.18. The summed E-state index contributed by atoms with van der Waals surface area (Å²) >= 11 is 1.36. The minimum absolute atomic E-state index is 0. The topological polar surface area (TPSA) is 0 Å². The molecule has 0 heterocycles. The summed E-state index contributed by atoms with van der Waals surface area (Å²) in [6.07, 6.45) is 1.10. The zero-order valence-corrected chi connectivity index (χ0v) is 31.9. The Kier molecular flexibility index (Phi) is 17.6. The molecule has 6 aromatic rings. The van der Waals surface area contributed by atoms with Gasteiger partial charge in [-0.05, 0) is 45.2 Å². The third-order valence-electron chi connectivity index (χ3n) is 7.18. The van der Waals surface area contributed by atoms with Gasteiger partial charge in [0.25, 0.3) is 0 Å². The van der Waals surface area contributed by atoms with Crippen molar-refractivity contribution in [3.63, 3.8) is 0 Å². The van der Waals surface area contributed by atoms with E-state index in [1.807, 2.05) is 0 Å². The molecule has 0 aliphatic rings. The van der Waals surface area contributed by atoms with Gasteiger partial charge in [-0.15, -0.1) is 93.9 Å². The monoisotopic (exact) mass is 700 g/mol. The standard InChI is InChI=1S/C19H19.C18H17.2CH3.2ClH.Si.Zr/c1-4-15-11-16-6-5-7-18(19(16)12-15)17-9-13(2)8-14(3)10-17;1-12-7-13(2)10-16(9-12)17-6-4-5-15-8-14(3)11-18(15)17;;;;;;/h5-12H,4H2,1-3H3;4-11H,1-3H3;2*1H3;2*1H;;/q4*-1;;;;. The second-order valence-electron chi connectivity index (χ2n) is 10.6. The average Bonchev–Trinajstić information content (AvgIpc) is 3.51. The number of aryl methyl sites for hydroxylation is 6. The molecule has 0 nitrogen and oxygen atoms in total. The molecule has 0 saturated heterocycles. The van der Waals surface area contributed by atoms with Gasteiger partial charge in [-0.25, -0.2) is 0 Å². The van der Waals surface area contributed by atoms with Crippen molar-refractivity contribution in [1.29, 1.82) is 0 Å². The molecule has 43 heavy (non-hydrogen) atoms. The van der Waals surface area contributed by atoms with E-state index in [9.17, 15) is 0 Å². The molecule has 0 atom stereocenters. The van der Waals surface area contributed by atoms with Gasteiger partial charge in [-0.1, -0.05) is 95.8 Å². The van der Waals surface area contributed by atoms with Crippen LogP contribution in [0.4, 0.5) is 0 Å². The normalized spacial score (nSPS) is 9.60. The van der Waals surface area contributed by atoms with E-state index in [2.05, 4.69) is 145 Å². The van der Waals surface area contributed by atoms with Crippen molar-refractivity contribution in [3.8, 4) is 22.3 Å². The molecule has 0 amide bonds. The summed E-state index contributed by atoms with van der Waals surface area (Å²) in [5, 5.41) is 5.43. The van der Waals surface area contributed by atoms with Crippen LogP contribution in [0.2, 0.25) is 0 Å². The van der Waals surface area contributed by atoms with Gasteiger partial charge in [0.05, 0.1) is 0 Å². The van der Waals surface area contributed by atoms with Crippen molar-refractivity contribution in [2.45, 2.75) is 48.0 Å². The van der Waals surface area contributed by atoms with E-state index < -0.39 is 0 Å². The fourth-order valence-electron chi connectivity index (χ4n) is 5.65. The van der Waals surface area contributed by atoms with E-state index in [0.717, 1.165) is 6.42 Å². The van der Waals surface area contributed by atoms with Crippen molar-refractivity contribution >= 4 is 53.2 Å². The number of rotatable bonds is 3. The number of halogens is 2. The van der Waals surface area contributed by atoms with Gasteiger partial charge in [-0.3, -0.25) is 0 Å². The molecule has 0 unspecified atom stereocenters. The van der Waals surface area contributed by atoms with Crippen LogP contribution in [0.15, 0.2) is 97.1 Å². The Morgan fingerprint density at radius 3 is 1.37 bits per heavy atom. The van der Waals surface area contributed by atoms with Gasteiger partial charge in [-0.2, -0.15) is 12.1 Å². The van der Waals surface area contributed by atoms with Crippen LogP contribution in [0.3, 0.4) is 0 Å². The second-order valence-corrected chi connectivity index (χ2v) is 10.6. The zero-order chi connectivity index (χ0) is 28.1. The fraction of sp³-hybridized carbons (Fsp3) is 0.179. The molecule has 0 aliphatic carbocycles. The molecular formula is C39H44Cl2SiZr-4. The van der Waals surface area contributed by atoms with Crippen molar-refractivity contribution in [1.82, 2.24) is 0 Å². The van der Waals surface area contributed by atoms with Crippen LogP contribution in [0, 0.1) is 49.5 Å². The van der Waals surface area contributed by atoms with Crippen molar-refractivity contribution in [2.75, 3.05) is 0 Å². The van der Waals surface area contributed by atoms with Crippen LogP contribution in [0.25, 0.3) is 43.8 Å². The van der Waals surface area contributed by atoms with Crippen molar-refractivity contribution < 1.29 is 23.3 Å². The summed E-state index contributed by atoms with van der Waals surface area (Å²) in [6.45, 7) is 16.1. The molecular weight excluding hydrogens is 659 g/mol. The summed E-state index contributed by atoms with van der Waals surface area (Å²) in [6, 6.07) is 35.9. The van der Waals surface area contributed by atoms with E-state index in [1.54, 1.807) is 0 Å². The van der Waals surface area contributed by atoms with Crippen molar-refractivity contribution in [3.05, 3.63) is 145 Å². The summed E-state index contributed by atoms with van der Waals surface area (Å²) in [5.41, 5.74) is 13.4. The molecule has 0 aliphatic heterocycles. The van der Waals surface area contributed by atoms with Crippen LogP contribution >= 0.6 is 24.8 Å². The molecule has 6 aromatic carbocycles. The number of benzene rings is 4. The Hall–Kier alpha value is -2.22. The Morgan fingerprint density at radius 2 is 0.953 bits per heavy atom. The molecule has 0 fully saturated rings. The summed E-state index contributed by atoms with van der Waals surface area (Å²) in [5.74, 6) is 0. The quantitative estimate of drug-likeness (QED) is 0.127. The second kappa shape index (κ2) is 18.6. The fourth-order valence-corrected chi connectivity index (χ4v) is 5.65. The van der Waals surface area contributed by atoms with Crippen LogP contribution < -0.4 is 0 Å². The molecule has 226 valence electrons. The van der Waals surface area contributed by atoms with Gasteiger partial charge in [0.2, 0.25) is 0 Å². The molecule has 0 spiro atoms. The van der Waals surface area contributed by atoms with Crippen molar-refractivity contribution in [2.24, 2.45) is 0 Å². The Morgan fingerprint density at radius 1 is 0.558 bits per heavy atom. The van der Waals surface area contributed by atoms with Gasteiger partial charge in [0.15, 0.2) is 0 Å². The molecule has 0 aromatic heterocycles. The summed E-state index contributed by atoms with van der Waals surface area (Å²) in [4.78, 5) is 0. The molecule has 4 heteroatoms. The maximum atomic E-state index is 3.06. The van der Waals surface area contributed by atoms with E-state index in [4.69, 9.17) is 0 Å². The van der Waals surface area contributed by atoms with E-state index in [0.29, 0.717) is 0 Å². The Bertz CT molecular complexity index is 1700. The average molecular weight is 703 g/mol. The first-order valence-corrected chi connectivity index (χ1v) is 17.8. The predicted octanol–water partition coefficient (Wildman–Crippen LogP) is 11.9. The zero-order valence-electron chi connectivity index (χ0n) is 26.8. The van der Waals surface area contributed by atoms with Gasteiger partial charge in [0.1, 0.15) is 0 Å². The maximum absolute atomic E-state index is 3.06. The van der Waals surface area contributed by atoms with Gasteiger partial charge in [0, 0.05) is 0 Å². The van der Waals surface area contributed by atoms with Gasteiger partial charge >= 0.3 is 30.2 Å². The Balaban J connectivity index is 0.000000714. The van der Waals surface area contributed by atoms with Crippen LogP contribution in [-0.4, -0.2) is 6.88 Å². The summed E-state index contributed by atoms with van der Waals surface area (Å²) in [7, 11) is 0. The molecule has 2 radical (unpaired) electrons. The van der Waals surface area contributed by atoms with Crippen LogP contribution in [0.5, 0.6) is 0 Å². The SMILES string of the molecule is CCc1cc2c(-c3cc(C)cc(C)c3)cccc2[cH-]1.Cc1cc(C)cc(-c2cccc3[cH-]c(C)cc23)c1.Cl.Cl.[CH3-].[CH3-].[Si]=[Zr]. The predicted molar refractivity (Wildman–Crippen MR) is 196 cm³/mol. The first-order chi connectivity index (χ1) is 18.8. The van der Waals surface area contributed by atoms with Crippen LogP contribution in [0.1, 0.15) is 40.3 Å². The number of hydrogen-bond donors (Lipinski definition) is 0. The summed E-state index contributed by atoms with van der Waals surface area (Å²) < 4.78 is 0. The third kappa shape index (κ3) is 9.89. The first-order valence-electron chi connectivity index (χ1n) is 13.6.